The zero-order valence-electron chi connectivity index (χ0n) is 28.5. The van der Waals surface area contributed by atoms with Crippen molar-refractivity contribution in [1.82, 2.24) is 15.0 Å². The summed E-state index contributed by atoms with van der Waals surface area (Å²) in [6.45, 7) is 0. The van der Waals surface area contributed by atoms with Crippen molar-refractivity contribution in [2.75, 3.05) is 0 Å². The van der Waals surface area contributed by atoms with E-state index in [1.54, 1.807) is 0 Å². The first-order chi connectivity index (χ1) is 26.2. The van der Waals surface area contributed by atoms with Crippen LogP contribution in [0.2, 0.25) is 0 Å². The van der Waals surface area contributed by atoms with Gasteiger partial charge in [0.15, 0.2) is 17.5 Å². The number of thiophene rings is 1. The van der Waals surface area contributed by atoms with Gasteiger partial charge in [0.1, 0.15) is 0 Å². The van der Waals surface area contributed by atoms with Crippen molar-refractivity contribution in [3.63, 3.8) is 0 Å². The highest BCUT2D eigenvalue weighted by molar-refractivity contribution is 7.25. The summed E-state index contributed by atoms with van der Waals surface area (Å²) in [6.07, 6.45) is 0. The number of hydrogen-bond acceptors (Lipinski definition) is 4. The minimum Gasteiger partial charge on any atom is -0.208 e. The lowest BCUT2D eigenvalue weighted by Gasteiger charge is -2.14. The molecule has 4 heteroatoms. The van der Waals surface area contributed by atoms with Crippen LogP contribution in [0.4, 0.5) is 0 Å². The molecule has 0 bridgehead atoms. The summed E-state index contributed by atoms with van der Waals surface area (Å²) in [5.74, 6) is 1.96. The van der Waals surface area contributed by atoms with Gasteiger partial charge in [0.25, 0.3) is 0 Å². The van der Waals surface area contributed by atoms with E-state index in [4.69, 9.17) is 15.0 Å². The van der Waals surface area contributed by atoms with Gasteiger partial charge in [-0.1, -0.05) is 140 Å². The number of hydrogen-bond donors (Lipinski definition) is 0. The third-order valence-corrected chi connectivity index (χ3v) is 11.6. The molecular weight excluding hydrogens is 663 g/mol. The Morgan fingerprint density at radius 2 is 0.887 bits per heavy atom. The van der Waals surface area contributed by atoms with E-state index in [-0.39, 0.29) is 0 Å². The van der Waals surface area contributed by atoms with Crippen LogP contribution in [0.15, 0.2) is 176 Å². The second kappa shape index (κ2) is 11.9. The van der Waals surface area contributed by atoms with E-state index >= 15 is 0 Å². The van der Waals surface area contributed by atoms with Gasteiger partial charge in [0, 0.05) is 36.9 Å². The minimum atomic E-state index is 0.654. The van der Waals surface area contributed by atoms with Gasteiger partial charge < -0.3 is 0 Å². The summed E-state index contributed by atoms with van der Waals surface area (Å²) in [5.41, 5.74) is 5.15. The van der Waals surface area contributed by atoms with E-state index in [0.29, 0.717) is 17.5 Å². The van der Waals surface area contributed by atoms with Crippen molar-refractivity contribution in [1.29, 1.82) is 0 Å². The molecule has 0 atom stereocenters. The fourth-order valence-corrected chi connectivity index (χ4v) is 9.01. The lowest BCUT2D eigenvalue weighted by molar-refractivity contribution is 1.08. The maximum Gasteiger partial charge on any atom is 0.164 e. The van der Waals surface area contributed by atoms with Crippen LogP contribution in [0.5, 0.6) is 0 Å². The summed E-state index contributed by atoms with van der Waals surface area (Å²) in [5, 5.41) is 12.5. The van der Waals surface area contributed by atoms with E-state index in [9.17, 15) is 0 Å². The van der Waals surface area contributed by atoms with Gasteiger partial charge in [-0.15, -0.1) is 11.3 Å². The van der Waals surface area contributed by atoms with Crippen LogP contribution in [0, 0.1) is 0 Å². The molecule has 0 aliphatic heterocycles. The van der Waals surface area contributed by atoms with Gasteiger partial charge in [-0.05, 0) is 90.6 Å². The molecule has 0 fully saturated rings. The van der Waals surface area contributed by atoms with Crippen LogP contribution >= 0.6 is 11.3 Å². The molecule has 0 saturated carbocycles. The van der Waals surface area contributed by atoms with Gasteiger partial charge in [0.2, 0.25) is 0 Å². The molecule has 0 aliphatic rings. The molecule has 0 aliphatic carbocycles. The molecule has 3 nitrogen and oxygen atoms in total. The molecule has 0 amide bonds. The molecule has 0 saturated heterocycles. The predicted molar refractivity (Wildman–Crippen MR) is 224 cm³/mol. The Labute approximate surface area is 309 Å². The standard InChI is InChI=1S/C49H29N3S/c1-3-11-31(12-4-1)47-50-48(32-13-5-2-6-14-32)52-49(51-47)43-27-37(26-34-15-7-8-16-38(34)43)33-23-24-39-35(25-33)21-19-30-20-22-36-28-45-42(29-41(36)46(30)39)40-17-9-10-18-44(40)53-45/h1-29H. The molecule has 2 heterocycles. The van der Waals surface area contributed by atoms with Crippen molar-refractivity contribution < 1.29 is 0 Å². The van der Waals surface area contributed by atoms with E-state index < -0.39 is 0 Å². The van der Waals surface area contributed by atoms with Crippen LogP contribution in [0.3, 0.4) is 0 Å². The number of rotatable bonds is 4. The third-order valence-electron chi connectivity index (χ3n) is 10.4. The molecular formula is C49H29N3S. The Kier molecular flexibility index (Phi) is 6.73. The monoisotopic (exact) mass is 691 g/mol. The largest absolute Gasteiger partial charge is 0.208 e. The number of aromatic nitrogens is 3. The molecule has 11 aromatic rings. The molecule has 53 heavy (non-hydrogen) atoms. The fraction of sp³-hybridized carbons (Fsp3) is 0. The molecule has 9 aromatic carbocycles. The van der Waals surface area contributed by atoms with Crippen molar-refractivity contribution >= 4 is 74.6 Å². The second-order valence-electron chi connectivity index (χ2n) is 13.6. The van der Waals surface area contributed by atoms with Crippen molar-refractivity contribution in [2.24, 2.45) is 0 Å². The maximum atomic E-state index is 5.11. The van der Waals surface area contributed by atoms with Gasteiger partial charge in [-0.2, -0.15) is 0 Å². The van der Waals surface area contributed by atoms with Crippen LogP contribution < -0.4 is 0 Å². The maximum absolute atomic E-state index is 5.11. The number of benzene rings is 9. The van der Waals surface area contributed by atoms with Crippen LogP contribution in [0.1, 0.15) is 0 Å². The molecule has 2 aromatic heterocycles. The van der Waals surface area contributed by atoms with Crippen molar-refractivity contribution in [2.45, 2.75) is 0 Å². The first-order valence-corrected chi connectivity index (χ1v) is 18.7. The molecule has 0 N–H and O–H groups in total. The van der Waals surface area contributed by atoms with Crippen molar-refractivity contribution in [3.05, 3.63) is 176 Å². The van der Waals surface area contributed by atoms with Crippen LogP contribution in [0.25, 0.3) is 109 Å². The molecule has 0 radical (unpaired) electrons. The first kappa shape index (κ1) is 29.9. The summed E-state index contributed by atoms with van der Waals surface area (Å²) in [7, 11) is 0. The van der Waals surface area contributed by atoms with Crippen molar-refractivity contribution in [3.8, 4) is 45.3 Å². The number of nitrogens with zero attached hydrogens (tertiary/aromatic N) is 3. The van der Waals surface area contributed by atoms with Crippen LogP contribution in [-0.2, 0) is 0 Å². The molecule has 11 rings (SSSR count). The SMILES string of the molecule is c1ccc(-c2nc(-c3ccccc3)nc(-c3cc(-c4ccc5c(ccc6ccc7cc8sc9ccccc9c8cc7c65)c4)cc4ccccc34)n2)cc1. The molecule has 0 unspecified atom stereocenters. The minimum absolute atomic E-state index is 0.654. The highest BCUT2D eigenvalue weighted by Gasteiger charge is 2.17. The highest BCUT2D eigenvalue weighted by atomic mass is 32.1. The summed E-state index contributed by atoms with van der Waals surface area (Å²) >= 11 is 1.87. The lowest BCUT2D eigenvalue weighted by atomic mass is 9.92. The van der Waals surface area contributed by atoms with Gasteiger partial charge in [0.05, 0.1) is 0 Å². The summed E-state index contributed by atoms with van der Waals surface area (Å²) < 4.78 is 2.66. The molecule has 0 spiro atoms. The Hall–Kier alpha value is -6.75. The Morgan fingerprint density at radius 1 is 0.302 bits per heavy atom. The molecule has 246 valence electrons. The zero-order chi connectivity index (χ0) is 34.9. The Bertz CT molecular complexity index is 3160. The zero-order valence-corrected chi connectivity index (χ0v) is 29.3. The quantitative estimate of drug-likeness (QED) is 0.172. The topological polar surface area (TPSA) is 38.7 Å². The lowest BCUT2D eigenvalue weighted by Crippen LogP contribution is -2.00. The van der Waals surface area contributed by atoms with E-state index in [2.05, 4.69) is 140 Å². The predicted octanol–water partition coefficient (Wildman–Crippen LogP) is 13.5. The average Bonchev–Trinajstić information content (AvgIpc) is 3.60. The first-order valence-electron chi connectivity index (χ1n) is 17.8. The fourth-order valence-electron chi connectivity index (χ4n) is 7.88. The van der Waals surface area contributed by atoms with E-state index in [0.717, 1.165) is 38.6 Å². The normalized spacial score (nSPS) is 11.8. The average molecular weight is 692 g/mol. The van der Waals surface area contributed by atoms with E-state index in [1.807, 2.05) is 47.7 Å². The van der Waals surface area contributed by atoms with E-state index in [1.165, 1.54) is 52.5 Å². The van der Waals surface area contributed by atoms with Gasteiger partial charge in [-0.3, -0.25) is 0 Å². The van der Waals surface area contributed by atoms with Gasteiger partial charge in [-0.25, -0.2) is 15.0 Å². The second-order valence-corrected chi connectivity index (χ2v) is 14.7. The number of fused-ring (bicyclic) bond motifs is 9. The Morgan fingerprint density at radius 3 is 1.64 bits per heavy atom. The summed E-state index contributed by atoms with van der Waals surface area (Å²) in [6, 6.07) is 62.9. The third kappa shape index (κ3) is 4.99. The Balaban J connectivity index is 1.11. The smallest absolute Gasteiger partial charge is 0.164 e. The van der Waals surface area contributed by atoms with Crippen LogP contribution in [-0.4, -0.2) is 15.0 Å². The summed E-state index contributed by atoms with van der Waals surface area (Å²) in [4.78, 5) is 15.2. The van der Waals surface area contributed by atoms with Gasteiger partial charge >= 0.3 is 0 Å². The highest BCUT2D eigenvalue weighted by Crippen LogP contribution is 2.41.